The molecule has 1 amide bonds. The molecule has 0 fully saturated rings. The van der Waals surface area contributed by atoms with E-state index in [4.69, 9.17) is 22.1 Å². The molecule has 0 aliphatic carbocycles. The van der Waals surface area contributed by atoms with Crippen LogP contribution in [-0.2, 0) is 21.2 Å². The summed E-state index contributed by atoms with van der Waals surface area (Å²) in [7, 11) is -4.12. The molecule has 0 saturated carbocycles. The number of benzene rings is 5. The molecule has 9 nitrogen and oxygen atoms in total. The maximum Gasteiger partial charge on any atom is 0.326 e. The average Bonchev–Trinajstić information content (AvgIpc) is 3.02. The maximum absolute atomic E-state index is 13.3. The smallest absolute Gasteiger partial charge is 0.326 e. The van der Waals surface area contributed by atoms with E-state index in [1.807, 2.05) is 66.7 Å². The topological polar surface area (TPSA) is 148 Å². The van der Waals surface area contributed by atoms with E-state index in [0.717, 1.165) is 11.1 Å². The van der Waals surface area contributed by atoms with E-state index in [2.05, 4.69) is 10.0 Å². The van der Waals surface area contributed by atoms with E-state index >= 15 is 0 Å². The molecule has 1 atom stereocenters. The maximum atomic E-state index is 13.3. The molecular formula is C34H28ClN3O6S. The highest BCUT2D eigenvalue weighted by atomic mass is 35.5. The Morgan fingerprint density at radius 3 is 2.27 bits per heavy atom. The number of nitrogens with two attached hydrogens (primary N) is 1. The molecule has 0 aliphatic heterocycles. The number of carbonyl (C=O) groups is 2. The summed E-state index contributed by atoms with van der Waals surface area (Å²) < 4.78 is 34.4. The number of nitrogen functional groups attached to an aromatic ring is 1. The molecule has 228 valence electrons. The first-order valence-electron chi connectivity index (χ1n) is 13.7. The summed E-state index contributed by atoms with van der Waals surface area (Å²) in [6.45, 7) is 0. The lowest BCUT2D eigenvalue weighted by Gasteiger charge is -2.18. The van der Waals surface area contributed by atoms with Crippen molar-refractivity contribution in [3.63, 3.8) is 0 Å². The SMILES string of the molecule is Nc1cccc(S(=O)(=O)Nc2ccc(Cl)cc2C(=O)N[C@@H](Cc2ccc(-c3ccccc3Oc3ccccc3)cc2)C(=O)O)c1. The Morgan fingerprint density at radius 1 is 0.844 bits per heavy atom. The Hall–Kier alpha value is -5.32. The second-order valence-electron chi connectivity index (χ2n) is 10.0. The fraction of sp³-hybridized carbons (Fsp3) is 0.0588. The monoisotopic (exact) mass is 641 g/mol. The lowest BCUT2D eigenvalue weighted by molar-refractivity contribution is -0.139. The van der Waals surface area contributed by atoms with Gasteiger partial charge in [-0.15, -0.1) is 0 Å². The van der Waals surface area contributed by atoms with Gasteiger partial charge in [0.1, 0.15) is 17.5 Å². The van der Waals surface area contributed by atoms with Gasteiger partial charge in [0.15, 0.2) is 0 Å². The largest absolute Gasteiger partial charge is 0.480 e. The third-order valence-electron chi connectivity index (χ3n) is 6.81. The van der Waals surface area contributed by atoms with Crippen LogP contribution in [0.4, 0.5) is 11.4 Å². The van der Waals surface area contributed by atoms with Crippen molar-refractivity contribution in [1.29, 1.82) is 0 Å². The van der Waals surface area contributed by atoms with Crippen LogP contribution in [0, 0.1) is 0 Å². The van der Waals surface area contributed by atoms with Crippen LogP contribution in [0.2, 0.25) is 5.02 Å². The average molecular weight is 642 g/mol. The number of carboxylic acids is 1. The highest BCUT2D eigenvalue weighted by molar-refractivity contribution is 7.92. The Morgan fingerprint density at radius 2 is 1.56 bits per heavy atom. The predicted molar refractivity (Wildman–Crippen MR) is 174 cm³/mol. The van der Waals surface area contributed by atoms with Crippen LogP contribution in [0.1, 0.15) is 15.9 Å². The van der Waals surface area contributed by atoms with Gasteiger partial charge in [0.25, 0.3) is 15.9 Å². The minimum atomic E-state index is -4.12. The number of carboxylic acid groups (broad SMARTS) is 1. The Labute approximate surface area is 265 Å². The minimum Gasteiger partial charge on any atom is -0.480 e. The normalized spacial score (nSPS) is 11.8. The van der Waals surface area contributed by atoms with E-state index in [-0.39, 0.29) is 33.3 Å². The van der Waals surface area contributed by atoms with Crippen LogP contribution in [0.3, 0.4) is 0 Å². The van der Waals surface area contributed by atoms with E-state index in [1.54, 1.807) is 18.2 Å². The number of anilines is 2. The molecule has 45 heavy (non-hydrogen) atoms. The van der Waals surface area contributed by atoms with E-state index in [9.17, 15) is 23.1 Å². The number of nitrogens with one attached hydrogen (secondary N) is 2. The lowest BCUT2D eigenvalue weighted by Crippen LogP contribution is -2.42. The van der Waals surface area contributed by atoms with E-state index in [1.165, 1.54) is 36.4 Å². The molecule has 0 aliphatic rings. The molecule has 0 saturated heterocycles. The molecule has 0 spiro atoms. The third kappa shape index (κ3) is 7.80. The summed E-state index contributed by atoms with van der Waals surface area (Å²) in [6.07, 6.45) is -0.0333. The summed E-state index contributed by atoms with van der Waals surface area (Å²) in [5.74, 6) is -0.727. The van der Waals surface area contributed by atoms with Crippen LogP contribution in [0.15, 0.2) is 126 Å². The molecule has 5 rings (SSSR count). The summed E-state index contributed by atoms with van der Waals surface area (Å²) in [6, 6.07) is 32.6. The first-order valence-corrected chi connectivity index (χ1v) is 15.6. The van der Waals surface area contributed by atoms with Crippen molar-refractivity contribution in [1.82, 2.24) is 5.32 Å². The molecule has 5 aromatic rings. The van der Waals surface area contributed by atoms with Gasteiger partial charge >= 0.3 is 5.97 Å². The summed E-state index contributed by atoms with van der Waals surface area (Å²) >= 11 is 6.12. The van der Waals surface area contributed by atoms with Crippen molar-refractivity contribution in [2.45, 2.75) is 17.4 Å². The zero-order chi connectivity index (χ0) is 32.0. The Balaban J connectivity index is 1.33. The number of sulfonamides is 1. The second kappa shape index (κ2) is 13.5. The van der Waals surface area contributed by atoms with Crippen molar-refractivity contribution < 1.29 is 27.9 Å². The Kier molecular flexibility index (Phi) is 9.36. The number of ether oxygens (including phenoxy) is 1. The van der Waals surface area contributed by atoms with Gasteiger partial charge < -0.3 is 20.9 Å². The fourth-order valence-corrected chi connectivity index (χ4v) is 5.89. The highest BCUT2D eigenvalue weighted by Gasteiger charge is 2.25. The number of hydrogen-bond donors (Lipinski definition) is 4. The van der Waals surface area contributed by atoms with E-state index in [0.29, 0.717) is 17.1 Å². The van der Waals surface area contributed by atoms with Gasteiger partial charge in [-0.2, -0.15) is 0 Å². The van der Waals surface area contributed by atoms with Crippen molar-refractivity contribution in [3.8, 4) is 22.6 Å². The number of aliphatic carboxylic acids is 1. The van der Waals surface area contributed by atoms with E-state index < -0.39 is 27.9 Å². The first kappa shape index (κ1) is 31.1. The highest BCUT2D eigenvalue weighted by Crippen LogP contribution is 2.33. The molecular weight excluding hydrogens is 614 g/mol. The van der Waals surface area contributed by atoms with Gasteiger partial charge in [-0.05, 0) is 65.7 Å². The van der Waals surface area contributed by atoms with Crippen molar-refractivity contribution >= 4 is 44.9 Å². The van der Waals surface area contributed by atoms with Gasteiger partial charge in [-0.1, -0.05) is 78.3 Å². The molecule has 0 aromatic heterocycles. The van der Waals surface area contributed by atoms with Gasteiger partial charge in [0, 0.05) is 22.7 Å². The molecule has 11 heteroatoms. The van der Waals surface area contributed by atoms with Crippen LogP contribution in [-0.4, -0.2) is 31.4 Å². The quantitative estimate of drug-likeness (QED) is 0.119. The molecule has 0 heterocycles. The summed E-state index contributed by atoms with van der Waals surface area (Å²) in [4.78, 5) is 25.4. The molecule has 5 aromatic carbocycles. The molecule has 5 N–H and O–H groups in total. The van der Waals surface area contributed by atoms with Crippen LogP contribution in [0.5, 0.6) is 11.5 Å². The van der Waals surface area contributed by atoms with Crippen LogP contribution < -0.4 is 20.5 Å². The summed E-state index contributed by atoms with van der Waals surface area (Å²) in [5.41, 5.74) is 8.11. The zero-order valence-electron chi connectivity index (χ0n) is 23.7. The number of rotatable bonds is 11. The van der Waals surface area contributed by atoms with Gasteiger partial charge in [0.2, 0.25) is 0 Å². The third-order valence-corrected chi connectivity index (χ3v) is 8.40. The van der Waals surface area contributed by atoms with Gasteiger partial charge in [-0.3, -0.25) is 9.52 Å². The number of amides is 1. The van der Waals surface area contributed by atoms with Gasteiger partial charge in [-0.25, -0.2) is 13.2 Å². The van der Waals surface area contributed by atoms with Gasteiger partial charge in [0.05, 0.1) is 16.1 Å². The zero-order valence-corrected chi connectivity index (χ0v) is 25.3. The van der Waals surface area contributed by atoms with Crippen molar-refractivity contribution in [2.75, 3.05) is 10.5 Å². The lowest BCUT2D eigenvalue weighted by atomic mass is 9.99. The number of para-hydroxylation sites is 2. The van der Waals surface area contributed by atoms with Crippen molar-refractivity contribution in [3.05, 3.63) is 137 Å². The van der Waals surface area contributed by atoms with Crippen molar-refractivity contribution in [2.24, 2.45) is 0 Å². The summed E-state index contributed by atoms with van der Waals surface area (Å²) in [5, 5.41) is 12.6. The van der Waals surface area contributed by atoms with Crippen LogP contribution in [0.25, 0.3) is 11.1 Å². The first-order chi connectivity index (χ1) is 21.6. The number of carbonyl (C=O) groups excluding carboxylic acids is 1. The minimum absolute atomic E-state index is 0.0333. The van der Waals surface area contributed by atoms with Crippen LogP contribution >= 0.6 is 11.6 Å². The standard InChI is InChI=1S/C34H28ClN3O6S/c35-24-17-18-30(38-45(42,43)27-10-6-7-25(36)21-27)29(20-24)33(39)37-31(34(40)41)19-22-13-15-23(16-14-22)28-11-4-5-12-32(28)44-26-8-2-1-3-9-26/h1-18,20-21,31,38H,19,36H2,(H,37,39)(H,40,41)/t31-/m0/s1. The molecule has 0 unspecified atom stereocenters. The predicted octanol–water partition coefficient (Wildman–Crippen LogP) is 6.61. The number of halogens is 1. The fourth-order valence-electron chi connectivity index (χ4n) is 4.58. The Bertz CT molecular complexity index is 1950. The molecule has 0 bridgehead atoms. The molecule has 0 radical (unpaired) electrons. The number of hydrogen-bond acceptors (Lipinski definition) is 6. The second-order valence-corrected chi connectivity index (χ2v) is 12.2.